The second kappa shape index (κ2) is 7.45. The maximum Gasteiger partial charge on any atom is 0.315 e. The van der Waals surface area contributed by atoms with Gasteiger partial charge in [0, 0.05) is 6.61 Å². The summed E-state index contributed by atoms with van der Waals surface area (Å²) in [7, 11) is 0. The van der Waals surface area contributed by atoms with E-state index in [0.717, 1.165) is 5.56 Å². The van der Waals surface area contributed by atoms with Gasteiger partial charge in [0.05, 0.1) is 24.7 Å². The van der Waals surface area contributed by atoms with Crippen molar-refractivity contribution in [2.24, 2.45) is 5.41 Å². The minimum atomic E-state index is -0.625. The molecule has 0 saturated carbocycles. The van der Waals surface area contributed by atoms with Crippen molar-refractivity contribution in [2.75, 3.05) is 13.2 Å². The van der Waals surface area contributed by atoms with E-state index in [1.165, 1.54) is 0 Å². The molecule has 1 saturated heterocycles. The van der Waals surface area contributed by atoms with E-state index >= 15 is 0 Å². The molecule has 1 heterocycles. The molecule has 0 amide bonds. The number of benzene rings is 1. The smallest absolute Gasteiger partial charge is 0.315 e. The first-order chi connectivity index (χ1) is 10.9. The van der Waals surface area contributed by atoms with Crippen molar-refractivity contribution < 1.29 is 19.0 Å². The molecule has 1 aromatic rings. The van der Waals surface area contributed by atoms with E-state index < -0.39 is 11.0 Å². The SMILES string of the molecule is CC[C@]1(C(=O)OC(C)(C)C)CCOC[C@@H]1OCc1ccccc1. The van der Waals surface area contributed by atoms with Gasteiger partial charge in [-0.25, -0.2) is 0 Å². The Hall–Kier alpha value is -1.39. The summed E-state index contributed by atoms with van der Waals surface area (Å²) in [5, 5.41) is 0. The van der Waals surface area contributed by atoms with Gasteiger partial charge in [0.25, 0.3) is 0 Å². The van der Waals surface area contributed by atoms with Gasteiger partial charge in [-0.05, 0) is 39.2 Å². The lowest BCUT2D eigenvalue weighted by atomic mass is 9.75. The van der Waals surface area contributed by atoms with Crippen LogP contribution in [0, 0.1) is 5.41 Å². The minimum absolute atomic E-state index is 0.172. The minimum Gasteiger partial charge on any atom is -0.459 e. The Bertz CT molecular complexity index is 506. The summed E-state index contributed by atoms with van der Waals surface area (Å²) in [5.41, 5.74) is -0.0331. The number of hydrogen-bond acceptors (Lipinski definition) is 4. The highest BCUT2D eigenvalue weighted by atomic mass is 16.6. The molecule has 1 aromatic carbocycles. The molecule has 1 aliphatic heterocycles. The van der Waals surface area contributed by atoms with Crippen molar-refractivity contribution in [1.82, 2.24) is 0 Å². The van der Waals surface area contributed by atoms with E-state index in [9.17, 15) is 4.79 Å². The molecule has 128 valence electrons. The fourth-order valence-electron chi connectivity index (χ4n) is 2.91. The molecular weight excluding hydrogens is 292 g/mol. The lowest BCUT2D eigenvalue weighted by Gasteiger charge is -2.42. The fraction of sp³-hybridized carbons (Fsp3) is 0.632. The summed E-state index contributed by atoms with van der Waals surface area (Å²) in [6.45, 7) is 9.18. The van der Waals surface area contributed by atoms with Crippen LogP contribution in [0.2, 0.25) is 0 Å². The number of rotatable bonds is 5. The Kier molecular flexibility index (Phi) is 5.82. The maximum atomic E-state index is 12.8. The van der Waals surface area contributed by atoms with Crippen LogP contribution in [0.1, 0.15) is 46.1 Å². The van der Waals surface area contributed by atoms with Gasteiger partial charge in [-0.2, -0.15) is 0 Å². The van der Waals surface area contributed by atoms with Crippen LogP contribution in [0.25, 0.3) is 0 Å². The number of esters is 1. The summed E-state index contributed by atoms with van der Waals surface area (Å²) in [6, 6.07) is 9.98. The lowest BCUT2D eigenvalue weighted by molar-refractivity contribution is -0.196. The highest BCUT2D eigenvalue weighted by molar-refractivity contribution is 5.78. The second-order valence-electron chi connectivity index (χ2n) is 7.12. The van der Waals surface area contributed by atoms with Gasteiger partial charge in [-0.1, -0.05) is 37.3 Å². The van der Waals surface area contributed by atoms with E-state index in [1.807, 2.05) is 58.0 Å². The third kappa shape index (κ3) is 4.55. The summed E-state index contributed by atoms with van der Waals surface area (Å²) >= 11 is 0. The Balaban J connectivity index is 2.12. The third-order valence-corrected chi connectivity index (χ3v) is 4.31. The van der Waals surface area contributed by atoms with Crippen molar-refractivity contribution in [3.8, 4) is 0 Å². The number of carbonyl (C=O) groups is 1. The second-order valence-corrected chi connectivity index (χ2v) is 7.12. The van der Waals surface area contributed by atoms with Gasteiger partial charge in [0.2, 0.25) is 0 Å². The van der Waals surface area contributed by atoms with Crippen molar-refractivity contribution in [3.05, 3.63) is 35.9 Å². The zero-order valence-electron chi connectivity index (χ0n) is 14.6. The summed E-state index contributed by atoms with van der Waals surface area (Å²) in [5.74, 6) is -0.172. The first-order valence-corrected chi connectivity index (χ1v) is 8.34. The Labute approximate surface area is 139 Å². The third-order valence-electron chi connectivity index (χ3n) is 4.31. The Morgan fingerprint density at radius 1 is 1.30 bits per heavy atom. The molecule has 4 heteroatoms. The van der Waals surface area contributed by atoms with E-state index in [-0.39, 0.29) is 12.1 Å². The largest absolute Gasteiger partial charge is 0.459 e. The summed E-state index contributed by atoms with van der Waals surface area (Å²) in [6.07, 6.45) is 1.04. The molecule has 23 heavy (non-hydrogen) atoms. The topological polar surface area (TPSA) is 44.8 Å². The molecule has 0 aromatic heterocycles. The molecule has 2 atom stereocenters. The number of ether oxygens (including phenoxy) is 3. The summed E-state index contributed by atoms with van der Waals surface area (Å²) in [4.78, 5) is 12.8. The molecule has 0 unspecified atom stereocenters. The van der Waals surface area contributed by atoms with Gasteiger partial charge in [0.1, 0.15) is 5.60 Å². The monoisotopic (exact) mass is 320 g/mol. The predicted molar refractivity (Wildman–Crippen MR) is 89.0 cm³/mol. The van der Waals surface area contributed by atoms with Crippen LogP contribution in [0.3, 0.4) is 0 Å². The first-order valence-electron chi connectivity index (χ1n) is 8.34. The van der Waals surface area contributed by atoms with Crippen molar-refractivity contribution in [2.45, 2.75) is 58.8 Å². The standard InChI is InChI=1S/C19H28O4/c1-5-19(17(20)23-18(2,3)4)11-12-21-14-16(19)22-13-15-9-7-6-8-10-15/h6-10,16H,5,11-14H2,1-4H3/t16-,19-/m0/s1. The van der Waals surface area contributed by atoms with Gasteiger partial charge in [0.15, 0.2) is 0 Å². The average molecular weight is 320 g/mol. The molecule has 0 radical (unpaired) electrons. The van der Waals surface area contributed by atoms with Crippen LogP contribution in [0.4, 0.5) is 0 Å². The van der Waals surface area contributed by atoms with E-state index in [4.69, 9.17) is 14.2 Å². The molecule has 1 aliphatic rings. The molecule has 0 spiro atoms. The molecule has 1 fully saturated rings. The van der Waals surface area contributed by atoms with Crippen LogP contribution in [-0.4, -0.2) is 30.9 Å². The van der Waals surface area contributed by atoms with Crippen LogP contribution >= 0.6 is 0 Å². The fourth-order valence-corrected chi connectivity index (χ4v) is 2.91. The highest BCUT2D eigenvalue weighted by Gasteiger charge is 2.49. The Morgan fingerprint density at radius 3 is 2.61 bits per heavy atom. The van der Waals surface area contributed by atoms with Gasteiger partial charge < -0.3 is 14.2 Å². The summed E-state index contributed by atoms with van der Waals surface area (Å²) < 4.78 is 17.3. The van der Waals surface area contributed by atoms with Crippen molar-refractivity contribution in [1.29, 1.82) is 0 Å². The predicted octanol–water partition coefficient (Wildman–Crippen LogP) is 3.73. The van der Waals surface area contributed by atoms with Crippen LogP contribution < -0.4 is 0 Å². The van der Waals surface area contributed by atoms with Gasteiger partial charge in [-0.15, -0.1) is 0 Å². The van der Waals surface area contributed by atoms with Crippen LogP contribution in [-0.2, 0) is 25.6 Å². The molecule has 2 rings (SSSR count). The van der Waals surface area contributed by atoms with Gasteiger partial charge in [-0.3, -0.25) is 4.79 Å². The van der Waals surface area contributed by atoms with Crippen LogP contribution in [0.5, 0.6) is 0 Å². The van der Waals surface area contributed by atoms with E-state index in [0.29, 0.717) is 32.7 Å². The van der Waals surface area contributed by atoms with E-state index in [1.54, 1.807) is 0 Å². The first kappa shape index (κ1) is 18.0. The molecule has 0 N–H and O–H groups in total. The molecule has 4 nitrogen and oxygen atoms in total. The van der Waals surface area contributed by atoms with Gasteiger partial charge >= 0.3 is 5.97 Å². The zero-order chi connectivity index (χ0) is 16.9. The highest BCUT2D eigenvalue weighted by Crippen LogP contribution is 2.39. The number of hydrogen-bond donors (Lipinski definition) is 0. The molecule has 0 aliphatic carbocycles. The molecular formula is C19H28O4. The normalized spacial score (nSPS) is 25.1. The lowest BCUT2D eigenvalue weighted by Crippen LogP contribution is -2.52. The zero-order valence-corrected chi connectivity index (χ0v) is 14.6. The van der Waals surface area contributed by atoms with Crippen LogP contribution in [0.15, 0.2) is 30.3 Å². The molecule has 0 bridgehead atoms. The van der Waals surface area contributed by atoms with Crippen molar-refractivity contribution >= 4 is 5.97 Å². The van der Waals surface area contributed by atoms with Crippen molar-refractivity contribution in [3.63, 3.8) is 0 Å². The average Bonchev–Trinajstić information content (AvgIpc) is 2.52. The maximum absolute atomic E-state index is 12.8. The Morgan fingerprint density at radius 2 is 2.00 bits per heavy atom. The quantitative estimate of drug-likeness (QED) is 0.776. The van der Waals surface area contributed by atoms with E-state index in [2.05, 4.69) is 0 Å². The number of carbonyl (C=O) groups excluding carboxylic acids is 1.